The molecule has 0 fully saturated rings. The van der Waals surface area contributed by atoms with Crippen molar-refractivity contribution < 1.29 is 18.0 Å². The molecule has 160 valence electrons. The van der Waals surface area contributed by atoms with Crippen LogP contribution in [0.3, 0.4) is 0 Å². The Morgan fingerprint density at radius 2 is 2.03 bits per heavy atom. The molecule has 3 rings (SSSR count). The Morgan fingerprint density at radius 3 is 2.73 bits per heavy atom. The number of carbonyl (C=O) groups is 1. The summed E-state index contributed by atoms with van der Waals surface area (Å²) in [5.41, 5.74) is 0.813. The van der Waals surface area contributed by atoms with Crippen LogP contribution in [-0.4, -0.2) is 47.4 Å². The minimum absolute atomic E-state index is 0.0188. The van der Waals surface area contributed by atoms with Crippen LogP contribution in [0.5, 0.6) is 0 Å². The van der Waals surface area contributed by atoms with Gasteiger partial charge in [0.05, 0.1) is 16.3 Å². The van der Waals surface area contributed by atoms with E-state index in [1.165, 1.54) is 6.07 Å². The quantitative estimate of drug-likeness (QED) is 0.601. The number of imidazole rings is 1. The first-order valence-electron chi connectivity index (χ1n) is 9.36. The van der Waals surface area contributed by atoms with Gasteiger partial charge in [0.15, 0.2) is 0 Å². The van der Waals surface area contributed by atoms with E-state index in [4.69, 9.17) is 11.6 Å². The zero-order chi connectivity index (χ0) is 21.9. The third-order valence-corrected chi connectivity index (χ3v) is 4.97. The second kappa shape index (κ2) is 9.06. The number of halogens is 4. The van der Waals surface area contributed by atoms with Gasteiger partial charge in [-0.3, -0.25) is 4.79 Å². The highest BCUT2D eigenvalue weighted by Crippen LogP contribution is 2.34. The van der Waals surface area contributed by atoms with Crippen LogP contribution < -0.4 is 5.32 Å². The summed E-state index contributed by atoms with van der Waals surface area (Å²) in [6.45, 7) is 1.10. The smallest absolute Gasteiger partial charge is 0.355 e. The van der Waals surface area contributed by atoms with Gasteiger partial charge in [0.25, 0.3) is 0 Å². The highest BCUT2D eigenvalue weighted by Gasteiger charge is 2.32. The lowest BCUT2D eigenvalue weighted by molar-refractivity contribution is -0.137. The Balaban J connectivity index is 1.99. The van der Waals surface area contributed by atoms with Crippen molar-refractivity contribution >= 4 is 23.2 Å². The molecule has 1 atom stereocenters. The predicted octanol–water partition coefficient (Wildman–Crippen LogP) is 4.21. The van der Waals surface area contributed by atoms with Gasteiger partial charge in [-0.25, -0.2) is 4.98 Å². The fourth-order valence-corrected chi connectivity index (χ4v) is 3.39. The Kier molecular flexibility index (Phi) is 6.67. The standard InChI is InChI=1S/C21H22ClF3N4O/c1-28(2)9-8-26-20(30)11-17(14-4-3-5-15(10-14)21(23,24)25)18-12-27-19-7-6-16(22)13-29(18)19/h3-7,10,12-13,17H,8-9,11H2,1-2H3,(H,26,30). The molecule has 0 aliphatic heterocycles. The number of likely N-dealkylation sites (N-methyl/N-ethyl adjacent to an activating group) is 1. The van der Waals surface area contributed by atoms with Crippen molar-refractivity contribution in [3.63, 3.8) is 0 Å². The fraction of sp³-hybridized carbons (Fsp3) is 0.333. The minimum atomic E-state index is -4.47. The van der Waals surface area contributed by atoms with Gasteiger partial charge >= 0.3 is 6.18 Å². The number of nitrogens with one attached hydrogen (secondary N) is 1. The topological polar surface area (TPSA) is 49.6 Å². The molecule has 1 amide bonds. The molecule has 1 unspecified atom stereocenters. The zero-order valence-electron chi connectivity index (χ0n) is 16.6. The summed E-state index contributed by atoms with van der Waals surface area (Å²) in [7, 11) is 3.78. The molecule has 0 saturated heterocycles. The molecule has 9 heteroatoms. The minimum Gasteiger partial charge on any atom is -0.355 e. The van der Waals surface area contributed by atoms with E-state index in [0.29, 0.717) is 35.0 Å². The van der Waals surface area contributed by atoms with Crippen LogP contribution in [0.1, 0.15) is 29.2 Å². The van der Waals surface area contributed by atoms with Crippen molar-refractivity contribution in [3.8, 4) is 0 Å². The summed E-state index contributed by atoms with van der Waals surface area (Å²) in [4.78, 5) is 18.8. The van der Waals surface area contributed by atoms with Crippen LogP contribution in [0, 0.1) is 0 Å². The molecule has 2 aromatic heterocycles. The normalized spacial score (nSPS) is 13.0. The number of fused-ring (bicyclic) bond motifs is 1. The third-order valence-electron chi connectivity index (χ3n) is 4.74. The van der Waals surface area contributed by atoms with Crippen LogP contribution in [0.25, 0.3) is 5.65 Å². The van der Waals surface area contributed by atoms with Crippen LogP contribution in [-0.2, 0) is 11.0 Å². The lowest BCUT2D eigenvalue weighted by Gasteiger charge is -2.19. The molecular weight excluding hydrogens is 417 g/mol. The van der Waals surface area contributed by atoms with Crippen molar-refractivity contribution in [1.29, 1.82) is 0 Å². The van der Waals surface area contributed by atoms with E-state index in [1.54, 1.807) is 35.0 Å². The van der Waals surface area contributed by atoms with Crippen LogP contribution in [0.15, 0.2) is 48.8 Å². The first-order valence-corrected chi connectivity index (χ1v) is 9.74. The van der Waals surface area contributed by atoms with Crippen LogP contribution >= 0.6 is 11.6 Å². The van der Waals surface area contributed by atoms with Gasteiger partial charge in [0.1, 0.15) is 5.65 Å². The predicted molar refractivity (Wildman–Crippen MR) is 110 cm³/mol. The number of benzene rings is 1. The summed E-state index contributed by atoms with van der Waals surface area (Å²) in [5.74, 6) is -0.878. The maximum absolute atomic E-state index is 13.3. The summed E-state index contributed by atoms with van der Waals surface area (Å²) in [5, 5.41) is 3.28. The number of hydrogen-bond donors (Lipinski definition) is 1. The van der Waals surface area contributed by atoms with E-state index in [1.807, 2.05) is 19.0 Å². The Labute approximate surface area is 177 Å². The summed E-state index contributed by atoms with van der Waals surface area (Å²) >= 11 is 6.11. The van der Waals surface area contributed by atoms with Gasteiger partial charge in [0.2, 0.25) is 5.91 Å². The second-order valence-electron chi connectivity index (χ2n) is 7.29. The molecule has 0 saturated carbocycles. The molecule has 30 heavy (non-hydrogen) atoms. The van der Waals surface area contributed by atoms with Crippen molar-refractivity contribution in [2.45, 2.75) is 18.5 Å². The molecule has 0 spiro atoms. The van der Waals surface area contributed by atoms with E-state index in [-0.39, 0.29) is 12.3 Å². The number of pyridine rings is 1. The monoisotopic (exact) mass is 438 g/mol. The first-order chi connectivity index (χ1) is 14.1. The Hall–Kier alpha value is -2.58. The molecule has 3 aromatic rings. The van der Waals surface area contributed by atoms with E-state index >= 15 is 0 Å². The number of aromatic nitrogens is 2. The number of nitrogens with zero attached hydrogens (tertiary/aromatic N) is 3. The summed E-state index contributed by atoms with van der Waals surface area (Å²) in [6, 6.07) is 8.44. The number of rotatable bonds is 7. The Morgan fingerprint density at radius 1 is 1.27 bits per heavy atom. The zero-order valence-corrected chi connectivity index (χ0v) is 17.3. The van der Waals surface area contributed by atoms with Crippen LogP contribution in [0.2, 0.25) is 5.02 Å². The van der Waals surface area contributed by atoms with Crippen molar-refractivity contribution in [2.24, 2.45) is 0 Å². The van der Waals surface area contributed by atoms with Gasteiger partial charge < -0.3 is 14.6 Å². The molecule has 0 radical (unpaired) electrons. The SMILES string of the molecule is CN(C)CCNC(=O)CC(c1cccc(C(F)(F)F)c1)c1cnc2ccc(Cl)cn12. The second-order valence-corrected chi connectivity index (χ2v) is 7.73. The van der Waals surface area contributed by atoms with Gasteiger partial charge in [-0.1, -0.05) is 29.8 Å². The highest BCUT2D eigenvalue weighted by molar-refractivity contribution is 6.30. The third kappa shape index (κ3) is 5.31. The van der Waals surface area contributed by atoms with E-state index < -0.39 is 17.7 Å². The van der Waals surface area contributed by atoms with Gasteiger partial charge in [-0.05, 0) is 37.9 Å². The Bertz CT molecular complexity index is 1030. The summed E-state index contributed by atoms with van der Waals surface area (Å²) < 4.78 is 41.5. The van der Waals surface area contributed by atoms with E-state index in [0.717, 1.165) is 12.1 Å². The fourth-order valence-electron chi connectivity index (χ4n) is 3.23. The van der Waals surface area contributed by atoms with E-state index in [2.05, 4.69) is 10.3 Å². The summed E-state index contributed by atoms with van der Waals surface area (Å²) in [6.07, 6.45) is -1.28. The van der Waals surface area contributed by atoms with Gasteiger partial charge in [-0.2, -0.15) is 13.2 Å². The number of alkyl halides is 3. The van der Waals surface area contributed by atoms with Crippen molar-refractivity contribution in [2.75, 3.05) is 27.2 Å². The van der Waals surface area contributed by atoms with E-state index in [9.17, 15) is 18.0 Å². The first kappa shape index (κ1) is 22.1. The maximum Gasteiger partial charge on any atom is 0.416 e. The average molecular weight is 439 g/mol. The molecule has 0 aliphatic rings. The maximum atomic E-state index is 13.3. The average Bonchev–Trinajstić information content (AvgIpc) is 3.08. The largest absolute Gasteiger partial charge is 0.416 e. The van der Waals surface area contributed by atoms with Gasteiger partial charge in [0, 0.05) is 37.8 Å². The molecule has 1 N–H and O–H groups in total. The highest BCUT2D eigenvalue weighted by atomic mass is 35.5. The molecule has 5 nitrogen and oxygen atoms in total. The molecular formula is C21H22ClF3N4O. The van der Waals surface area contributed by atoms with Gasteiger partial charge in [-0.15, -0.1) is 0 Å². The molecule has 1 aromatic carbocycles. The van der Waals surface area contributed by atoms with Crippen molar-refractivity contribution in [3.05, 3.63) is 70.6 Å². The number of carbonyl (C=O) groups excluding carboxylic acids is 1. The van der Waals surface area contributed by atoms with Crippen LogP contribution in [0.4, 0.5) is 13.2 Å². The molecule has 2 heterocycles. The lowest BCUT2D eigenvalue weighted by Crippen LogP contribution is -2.32. The van der Waals surface area contributed by atoms with Crippen molar-refractivity contribution in [1.82, 2.24) is 19.6 Å². The number of amides is 1. The lowest BCUT2D eigenvalue weighted by atomic mass is 9.91. The molecule has 0 bridgehead atoms. The molecule has 0 aliphatic carbocycles. The number of hydrogen-bond acceptors (Lipinski definition) is 3.